The van der Waals surface area contributed by atoms with Crippen LogP contribution in [0.5, 0.6) is 11.9 Å². The van der Waals surface area contributed by atoms with E-state index in [4.69, 9.17) is 43.1 Å². The number of halogens is 2. The van der Waals surface area contributed by atoms with Gasteiger partial charge in [-0.15, -0.1) is 0 Å². The monoisotopic (exact) mass is 542 g/mol. The van der Waals surface area contributed by atoms with E-state index in [0.29, 0.717) is 22.0 Å². The largest absolute Gasteiger partial charge is 0.479 e. The summed E-state index contributed by atoms with van der Waals surface area (Å²) in [6, 6.07) is 7.63. The number of rotatable bonds is 7. The van der Waals surface area contributed by atoms with Crippen molar-refractivity contribution in [3.63, 3.8) is 0 Å². The van der Waals surface area contributed by atoms with Crippen LogP contribution in [0.2, 0.25) is 10.0 Å². The molecule has 1 fully saturated rings. The molecule has 1 aliphatic heterocycles. The molecule has 10 nitrogen and oxygen atoms in total. The van der Waals surface area contributed by atoms with Gasteiger partial charge in [-0.05, 0) is 29.7 Å². The van der Waals surface area contributed by atoms with E-state index in [1.165, 1.54) is 37.6 Å². The van der Waals surface area contributed by atoms with Crippen LogP contribution in [-0.4, -0.2) is 46.5 Å². The molecule has 0 saturated carbocycles. The molecule has 2 N–H and O–H groups in total. The molecular formula is C25H24Cl2N6O4. The molecule has 4 rings (SSSR count). The molecule has 1 aromatic carbocycles. The summed E-state index contributed by atoms with van der Waals surface area (Å²) in [6.45, 7) is 3.81. The summed E-state index contributed by atoms with van der Waals surface area (Å²) in [4.78, 5) is 43.3. The average molecular weight is 543 g/mol. The van der Waals surface area contributed by atoms with Gasteiger partial charge in [0.05, 0.1) is 37.4 Å². The van der Waals surface area contributed by atoms with Crippen LogP contribution in [0.25, 0.3) is 0 Å². The fourth-order valence-electron chi connectivity index (χ4n) is 4.26. The van der Waals surface area contributed by atoms with E-state index in [1.54, 1.807) is 24.3 Å². The molecule has 192 valence electrons. The van der Waals surface area contributed by atoms with Crippen LogP contribution in [0.15, 0.2) is 52.5 Å². The maximum Gasteiger partial charge on any atom is 0.319 e. The van der Waals surface area contributed by atoms with Crippen molar-refractivity contribution in [2.24, 2.45) is 16.8 Å². The fourth-order valence-corrected chi connectivity index (χ4v) is 4.54. The summed E-state index contributed by atoms with van der Waals surface area (Å²) < 4.78 is 10.5. The van der Waals surface area contributed by atoms with E-state index in [2.05, 4.69) is 15.0 Å². The molecule has 1 saturated heterocycles. The van der Waals surface area contributed by atoms with Crippen molar-refractivity contribution in [1.82, 2.24) is 15.0 Å². The molecule has 2 unspecified atom stereocenters. The molecule has 37 heavy (non-hydrogen) atoms. The number of aromatic nitrogens is 3. The highest BCUT2D eigenvalue weighted by atomic mass is 35.5. The third-order valence-electron chi connectivity index (χ3n) is 5.92. The molecule has 0 bridgehead atoms. The summed E-state index contributed by atoms with van der Waals surface area (Å²) in [5, 5.41) is 9.61. The van der Waals surface area contributed by atoms with Crippen molar-refractivity contribution >= 4 is 51.9 Å². The van der Waals surface area contributed by atoms with Crippen LogP contribution < -0.4 is 19.9 Å². The zero-order chi connectivity index (χ0) is 26.9. The first-order chi connectivity index (χ1) is 17.7. The normalized spacial score (nSPS) is 18.0. The number of ether oxygens (including phenoxy) is 2. The van der Waals surface area contributed by atoms with Crippen molar-refractivity contribution in [1.29, 1.82) is 5.41 Å². The molecule has 0 spiro atoms. The van der Waals surface area contributed by atoms with Crippen LogP contribution in [0, 0.1) is 17.2 Å². The fraction of sp³-hybridized carbons (Fsp3) is 0.280. The first-order valence-electron chi connectivity index (χ1n) is 11.3. The van der Waals surface area contributed by atoms with E-state index in [-0.39, 0.29) is 34.2 Å². The molecule has 0 radical (unpaired) electrons. The minimum Gasteiger partial charge on any atom is -0.479 e. The Morgan fingerprint density at radius 2 is 1.84 bits per heavy atom. The lowest BCUT2D eigenvalue weighted by molar-refractivity contribution is -0.112. The van der Waals surface area contributed by atoms with Crippen LogP contribution >= 0.6 is 23.2 Å². The van der Waals surface area contributed by atoms with Gasteiger partial charge in [0.25, 0.3) is 11.5 Å². The maximum absolute atomic E-state index is 13.6. The van der Waals surface area contributed by atoms with Crippen LogP contribution in [0.4, 0.5) is 11.4 Å². The number of benzene rings is 1. The number of hydrogen-bond donors (Lipinski definition) is 2. The number of carbonyl (C=O) groups excluding carboxylic acids is 1. The summed E-state index contributed by atoms with van der Waals surface area (Å²) >= 11 is 12.3. The summed E-state index contributed by atoms with van der Waals surface area (Å²) in [7, 11) is 2.88. The molecule has 1 amide bonds. The maximum atomic E-state index is 13.6. The highest BCUT2D eigenvalue weighted by Crippen LogP contribution is 2.42. The van der Waals surface area contributed by atoms with E-state index < -0.39 is 23.4 Å². The highest BCUT2D eigenvalue weighted by molar-refractivity contribution is 6.49. The lowest BCUT2D eigenvalue weighted by atomic mass is 9.83. The Bertz CT molecular complexity index is 1440. The van der Waals surface area contributed by atoms with Crippen LogP contribution in [0.3, 0.4) is 0 Å². The molecule has 3 heterocycles. The Morgan fingerprint density at radius 3 is 2.46 bits per heavy atom. The lowest BCUT2D eigenvalue weighted by Gasteiger charge is -2.29. The number of carbonyl (C=O) groups is 1. The van der Waals surface area contributed by atoms with Gasteiger partial charge < -0.3 is 14.5 Å². The predicted molar refractivity (Wildman–Crippen MR) is 142 cm³/mol. The molecule has 2 atom stereocenters. The number of aromatic amines is 1. The van der Waals surface area contributed by atoms with Gasteiger partial charge in [-0.25, -0.2) is 9.98 Å². The van der Waals surface area contributed by atoms with Crippen LogP contribution in [0.1, 0.15) is 25.5 Å². The van der Waals surface area contributed by atoms with Gasteiger partial charge in [0.15, 0.2) is 0 Å². The first kappa shape index (κ1) is 26.3. The van der Waals surface area contributed by atoms with Crippen molar-refractivity contribution in [2.45, 2.75) is 19.9 Å². The zero-order valence-corrected chi connectivity index (χ0v) is 22.0. The van der Waals surface area contributed by atoms with Crippen molar-refractivity contribution < 1.29 is 14.3 Å². The highest BCUT2D eigenvalue weighted by Gasteiger charge is 2.49. The van der Waals surface area contributed by atoms with Crippen LogP contribution in [-0.2, 0) is 4.79 Å². The Balaban J connectivity index is 1.95. The van der Waals surface area contributed by atoms with Gasteiger partial charge in [-0.2, -0.15) is 4.98 Å². The predicted octanol–water partition coefficient (Wildman–Crippen LogP) is 4.64. The number of nitrogens with zero attached hydrogens (tertiary/aromatic N) is 4. The number of pyridine rings is 1. The summed E-state index contributed by atoms with van der Waals surface area (Å²) in [5.41, 5.74) is 0.764. The second-order valence-corrected chi connectivity index (χ2v) is 9.41. The lowest BCUT2D eigenvalue weighted by Crippen LogP contribution is -2.35. The number of hydrogen-bond acceptors (Lipinski definition) is 8. The minimum absolute atomic E-state index is 0.0261. The smallest absolute Gasteiger partial charge is 0.319 e. The number of nitrogens with one attached hydrogen (secondary N) is 2. The SMILES string of the molecule is COc1ncc(N=C(C(C)C)C2C(=N)C(=O)N(c3cc(Cl)c[nH]c3=O)C2c2ccc(Cl)cc2)c(OC)n1. The summed E-state index contributed by atoms with van der Waals surface area (Å²) in [6.07, 6.45) is 2.79. The molecule has 2 aromatic heterocycles. The van der Waals surface area contributed by atoms with Crippen molar-refractivity contribution in [3.05, 3.63) is 68.7 Å². The molecule has 0 aliphatic carbocycles. The molecule has 12 heteroatoms. The van der Waals surface area contributed by atoms with Gasteiger partial charge >= 0.3 is 6.01 Å². The Hall–Kier alpha value is -3.76. The average Bonchev–Trinajstić information content (AvgIpc) is 3.14. The van der Waals surface area contributed by atoms with Gasteiger partial charge in [0, 0.05) is 16.9 Å². The van der Waals surface area contributed by atoms with Gasteiger partial charge in [0.1, 0.15) is 17.1 Å². The first-order valence-corrected chi connectivity index (χ1v) is 12.0. The summed E-state index contributed by atoms with van der Waals surface area (Å²) in [5.74, 6) is -1.49. The minimum atomic E-state index is -0.820. The van der Waals surface area contributed by atoms with E-state index in [0.717, 1.165) is 0 Å². The molecule has 3 aromatic rings. The number of aliphatic imine (C=N–C) groups is 1. The van der Waals surface area contributed by atoms with Gasteiger partial charge in [-0.3, -0.25) is 19.9 Å². The van der Waals surface area contributed by atoms with Crippen molar-refractivity contribution in [2.75, 3.05) is 19.1 Å². The van der Waals surface area contributed by atoms with E-state index in [9.17, 15) is 9.59 Å². The number of amides is 1. The quantitative estimate of drug-likeness (QED) is 0.417. The standard InChI is InChI=1S/C25H24Cl2N6O4/c1-12(2)20(31-16-11-30-25(37-4)32-23(16)36-3)18-19(28)24(35)33(17-9-15(27)10-29-22(17)34)21(18)13-5-7-14(26)8-6-13/h5-12,18,21,28H,1-4H3,(H,29,34). The van der Waals surface area contributed by atoms with E-state index in [1.807, 2.05) is 13.8 Å². The number of methoxy groups -OCH3 is 2. The third-order valence-corrected chi connectivity index (χ3v) is 6.39. The molecule has 1 aliphatic rings. The van der Waals surface area contributed by atoms with Gasteiger partial charge in [0.2, 0.25) is 5.88 Å². The Morgan fingerprint density at radius 1 is 1.14 bits per heavy atom. The second kappa shape index (κ2) is 10.7. The number of anilines is 1. The topological polar surface area (TPSA) is 134 Å². The third kappa shape index (κ3) is 5.07. The van der Waals surface area contributed by atoms with Gasteiger partial charge in [-0.1, -0.05) is 49.2 Å². The van der Waals surface area contributed by atoms with Crippen molar-refractivity contribution in [3.8, 4) is 11.9 Å². The second-order valence-electron chi connectivity index (χ2n) is 8.54. The molecular weight excluding hydrogens is 519 g/mol. The Kier molecular flexibility index (Phi) is 7.60. The number of H-pyrrole nitrogens is 1. The Labute approximate surface area is 222 Å². The zero-order valence-electron chi connectivity index (χ0n) is 20.5. The van der Waals surface area contributed by atoms with E-state index >= 15 is 0 Å².